The first-order valence-electron chi connectivity index (χ1n) is 13.3. The van der Waals surface area contributed by atoms with Gasteiger partial charge in [0.05, 0.1) is 5.75 Å². The number of carbonyl (C=O) groups excluding carboxylic acids is 1. The highest BCUT2D eigenvalue weighted by Gasteiger charge is 2.39. The number of carboxylic acids is 1. The lowest BCUT2D eigenvalue weighted by Gasteiger charge is -2.38. The number of urea groups is 1. The molecule has 0 aromatic heterocycles. The number of hydrogen-bond donors (Lipinski definition) is 1. The van der Waals surface area contributed by atoms with E-state index in [2.05, 4.69) is 30.1 Å². The van der Waals surface area contributed by atoms with Gasteiger partial charge in [-0.1, -0.05) is 19.4 Å². The molecule has 2 aliphatic heterocycles. The number of sulfonamides is 1. The molecule has 36 heavy (non-hydrogen) atoms. The maximum Gasteiger partial charge on any atom is 0.324 e. The van der Waals surface area contributed by atoms with Crippen molar-refractivity contribution in [1.82, 2.24) is 14.1 Å². The normalized spacial score (nSPS) is 23.7. The van der Waals surface area contributed by atoms with Crippen molar-refractivity contribution in [2.45, 2.75) is 70.4 Å². The van der Waals surface area contributed by atoms with E-state index in [1.54, 1.807) is 0 Å². The van der Waals surface area contributed by atoms with Crippen LogP contribution in [0.15, 0.2) is 18.2 Å². The standard InChI is InChI=1S/C26H40N4O5S/c1-3-4-17-36(34,35)30(19-25(31)32)23-9-7-22(8-10-23)28-15-16-29(26(28)33)24-6-5-20-11-13-27(2)14-12-21(20)18-24/h5-6,18,22-23H,3-4,7-17,19H2,1-2H3,(H,31,32)/t22-,23-. The monoisotopic (exact) mass is 520 g/mol. The van der Waals surface area contributed by atoms with Crippen LogP contribution in [0, 0.1) is 0 Å². The Morgan fingerprint density at radius 3 is 2.42 bits per heavy atom. The minimum Gasteiger partial charge on any atom is -0.480 e. The fraction of sp³-hybridized carbons (Fsp3) is 0.692. The predicted molar refractivity (Wildman–Crippen MR) is 140 cm³/mol. The molecule has 1 aromatic carbocycles. The first-order chi connectivity index (χ1) is 17.2. The molecule has 10 heteroatoms. The molecule has 3 aliphatic rings. The molecule has 0 unspecified atom stereocenters. The van der Waals surface area contributed by atoms with Crippen LogP contribution in [0.3, 0.4) is 0 Å². The van der Waals surface area contributed by atoms with E-state index in [9.17, 15) is 23.1 Å². The van der Waals surface area contributed by atoms with Crippen LogP contribution in [0.25, 0.3) is 0 Å². The Morgan fingerprint density at radius 2 is 1.75 bits per heavy atom. The fourth-order valence-corrected chi connectivity index (χ4v) is 7.67. The first kappa shape index (κ1) is 26.9. The number of anilines is 1. The number of carbonyl (C=O) groups is 2. The van der Waals surface area contributed by atoms with Crippen molar-refractivity contribution in [3.63, 3.8) is 0 Å². The van der Waals surface area contributed by atoms with Gasteiger partial charge in [0.15, 0.2) is 0 Å². The zero-order chi connectivity index (χ0) is 25.9. The zero-order valence-corrected chi connectivity index (χ0v) is 22.4. The van der Waals surface area contributed by atoms with Gasteiger partial charge in [-0.2, -0.15) is 4.31 Å². The van der Waals surface area contributed by atoms with E-state index in [0.717, 1.165) is 38.0 Å². The number of benzene rings is 1. The molecule has 1 saturated heterocycles. The molecule has 1 aliphatic carbocycles. The molecule has 4 rings (SSSR count). The number of nitrogens with zero attached hydrogens (tertiary/aromatic N) is 4. The molecule has 2 heterocycles. The highest BCUT2D eigenvalue weighted by molar-refractivity contribution is 7.89. The maximum atomic E-state index is 13.4. The fourth-order valence-electron chi connectivity index (χ4n) is 5.81. The lowest BCUT2D eigenvalue weighted by Crippen LogP contribution is -2.49. The summed E-state index contributed by atoms with van der Waals surface area (Å²) < 4.78 is 26.9. The number of hydrogen-bond acceptors (Lipinski definition) is 5. The molecular formula is C26H40N4O5S. The first-order valence-corrected chi connectivity index (χ1v) is 14.9. The average Bonchev–Trinajstić information content (AvgIpc) is 3.14. The van der Waals surface area contributed by atoms with Crippen molar-refractivity contribution in [1.29, 1.82) is 0 Å². The van der Waals surface area contributed by atoms with Gasteiger partial charge in [-0.25, -0.2) is 13.2 Å². The average molecular weight is 521 g/mol. The summed E-state index contributed by atoms with van der Waals surface area (Å²) >= 11 is 0. The minimum absolute atomic E-state index is 0.0158. The summed E-state index contributed by atoms with van der Waals surface area (Å²) in [5.41, 5.74) is 3.64. The largest absolute Gasteiger partial charge is 0.480 e. The molecule has 0 atom stereocenters. The smallest absolute Gasteiger partial charge is 0.324 e. The highest BCUT2D eigenvalue weighted by Crippen LogP contribution is 2.32. The van der Waals surface area contributed by atoms with Crippen LogP contribution >= 0.6 is 0 Å². The molecular weight excluding hydrogens is 480 g/mol. The van der Waals surface area contributed by atoms with E-state index >= 15 is 0 Å². The Hall–Kier alpha value is -2.17. The van der Waals surface area contributed by atoms with E-state index < -0.39 is 22.5 Å². The summed E-state index contributed by atoms with van der Waals surface area (Å²) in [5, 5.41) is 9.34. The lowest BCUT2D eigenvalue weighted by atomic mass is 9.90. The summed E-state index contributed by atoms with van der Waals surface area (Å²) in [4.78, 5) is 30.9. The van der Waals surface area contributed by atoms with Crippen LogP contribution in [0.2, 0.25) is 0 Å². The van der Waals surface area contributed by atoms with Crippen molar-refractivity contribution in [3.8, 4) is 0 Å². The Morgan fingerprint density at radius 1 is 1.06 bits per heavy atom. The second-order valence-corrected chi connectivity index (χ2v) is 12.5. The molecule has 9 nitrogen and oxygen atoms in total. The van der Waals surface area contributed by atoms with Crippen LogP contribution in [0.4, 0.5) is 10.5 Å². The predicted octanol–water partition coefficient (Wildman–Crippen LogP) is 2.79. The van der Waals surface area contributed by atoms with Gasteiger partial charge >= 0.3 is 12.0 Å². The van der Waals surface area contributed by atoms with Gasteiger partial charge in [0.25, 0.3) is 0 Å². The molecule has 1 aromatic rings. The van der Waals surface area contributed by atoms with Gasteiger partial charge in [0.2, 0.25) is 10.0 Å². The van der Waals surface area contributed by atoms with Gasteiger partial charge in [0.1, 0.15) is 6.54 Å². The van der Waals surface area contributed by atoms with Crippen LogP contribution in [-0.2, 0) is 27.7 Å². The number of rotatable bonds is 9. The minimum atomic E-state index is -3.62. The SMILES string of the molecule is CCCCS(=O)(=O)N(CC(=O)O)[C@H]1CC[C@H](N2CCN(c3ccc4c(c3)CCN(C)CC4)C2=O)CC1. The van der Waals surface area contributed by atoms with E-state index in [0.29, 0.717) is 45.2 Å². The topological polar surface area (TPSA) is 101 Å². The van der Waals surface area contributed by atoms with Crippen LogP contribution in [0.5, 0.6) is 0 Å². The second-order valence-electron chi connectivity index (χ2n) is 10.5. The number of unbranched alkanes of at least 4 members (excludes halogenated alkanes) is 1. The summed E-state index contributed by atoms with van der Waals surface area (Å²) in [5.74, 6) is -1.15. The van der Waals surface area contributed by atoms with E-state index in [-0.39, 0.29) is 23.9 Å². The van der Waals surface area contributed by atoms with E-state index in [4.69, 9.17) is 0 Å². The quantitative estimate of drug-likeness (QED) is 0.537. The van der Waals surface area contributed by atoms with Gasteiger partial charge < -0.3 is 14.9 Å². The molecule has 2 fully saturated rings. The molecule has 1 N–H and O–H groups in total. The van der Waals surface area contributed by atoms with Crippen molar-refractivity contribution in [2.24, 2.45) is 0 Å². The lowest BCUT2D eigenvalue weighted by molar-refractivity contribution is -0.137. The molecule has 0 bridgehead atoms. The van der Waals surface area contributed by atoms with Crippen LogP contribution in [0.1, 0.15) is 56.6 Å². The van der Waals surface area contributed by atoms with E-state index in [1.807, 2.05) is 16.7 Å². The van der Waals surface area contributed by atoms with Crippen LogP contribution in [-0.4, -0.2) is 97.2 Å². The van der Waals surface area contributed by atoms with Crippen molar-refractivity contribution >= 4 is 27.7 Å². The third kappa shape index (κ3) is 6.03. The Labute approximate surface area is 215 Å². The summed E-state index contributed by atoms with van der Waals surface area (Å²) in [6, 6.07) is 6.16. The van der Waals surface area contributed by atoms with Gasteiger partial charge in [-0.3, -0.25) is 9.69 Å². The summed E-state index contributed by atoms with van der Waals surface area (Å²) in [6.07, 6.45) is 5.78. The highest BCUT2D eigenvalue weighted by atomic mass is 32.2. The molecule has 200 valence electrons. The third-order valence-corrected chi connectivity index (χ3v) is 9.93. The molecule has 0 radical (unpaired) electrons. The van der Waals surface area contributed by atoms with E-state index in [1.165, 1.54) is 15.4 Å². The van der Waals surface area contributed by atoms with Crippen molar-refractivity contribution < 1.29 is 23.1 Å². The summed E-state index contributed by atoms with van der Waals surface area (Å²) in [6.45, 7) is 4.80. The van der Waals surface area contributed by atoms with Crippen molar-refractivity contribution in [2.75, 3.05) is 50.4 Å². The van der Waals surface area contributed by atoms with Gasteiger partial charge in [0, 0.05) is 44.0 Å². The molecule has 2 amide bonds. The maximum absolute atomic E-state index is 13.4. The molecule has 1 saturated carbocycles. The molecule has 0 spiro atoms. The Kier molecular flexibility index (Phi) is 8.57. The number of aliphatic carboxylic acids is 1. The van der Waals surface area contributed by atoms with Crippen molar-refractivity contribution in [3.05, 3.63) is 29.3 Å². The van der Waals surface area contributed by atoms with Gasteiger partial charge in [-0.05, 0) is 75.3 Å². The zero-order valence-electron chi connectivity index (χ0n) is 21.6. The number of amides is 2. The number of carboxylic acid groups (broad SMARTS) is 1. The van der Waals surface area contributed by atoms with Crippen LogP contribution < -0.4 is 4.90 Å². The number of fused-ring (bicyclic) bond motifs is 1. The summed E-state index contributed by atoms with van der Waals surface area (Å²) in [7, 11) is -1.48. The number of likely N-dealkylation sites (N-methyl/N-ethyl adjacent to an activating group) is 1. The second kappa shape index (κ2) is 11.5. The van der Waals surface area contributed by atoms with Gasteiger partial charge in [-0.15, -0.1) is 0 Å². The Bertz CT molecular complexity index is 1050. The third-order valence-electron chi connectivity index (χ3n) is 7.99. The Balaban J connectivity index is 1.39.